The second kappa shape index (κ2) is 5.39. The SMILES string of the molecule is CCCOc1ccc(C(C)C(=O)O)cc1. The molecule has 0 amide bonds. The Labute approximate surface area is 89.7 Å². The van der Waals surface area contributed by atoms with Gasteiger partial charge in [-0.15, -0.1) is 0 Å². The standard InChI is InChI=1S/C12H16O3/c1-3-8-15-11-6-4-10(5-7-11)9(2)12(13)14/h4-7,9H,3,8H2,1-2H3,(H,13,14). The Kier molecular flexibility index (Phi) is 4.16. The molecule has 0 saturated heterocycles. The number of hydrogen-bond acceptors (Lipinski definition) is 2. The molecule has 0 saturated carbocycles. The van der Waals surface area contributed by atoms with Gasteiger partial charge in [0.15, 0.2) is 0 Å². The first-order valence-electron chi connectivity index (χ1n) is 5.10. The fraction of sp³-hybridized carbons (Fsp3) is 0.417. The average molecular weight is 208 g/mol. The fourth-order valence-corrected chi connectivity index (χ4v) is 1.22. The van der Waals surface area contributed by atoms with E-state index in [1.54, 1.807) is 19.1 Å². The van der Waals surface area contributed by atoms with E-state index in [4.69, 9.17) is 9.84 Å². The number of carboxylic acids is 1. The Morgan fingerprint density at radius 2 is 2.00 bits per heavy atom. The Morgan fingerprint density at radius 3 is 2.47 bits per heavy atom. The first kappa shape index (κ1) is 11.6. The maximum atomic E-state index is 10.7. The lowest BCUT2D eigenvalue weighted by molar-refractivity contribution is -0.138. The van der Waals surface area contributed by atoms with Gasteiger partial charge >= 0.3 is 5.97 Å². The highest BCUT2D eigenvalue weighted by Gasteiger charge is 2.12. The van der Waals surface area contributed by atoms with Crippen molar-refractivity contribution in [3.63, 3.8) is 0 Å². The van der Waals surface area contributed by atoms with Gasteiger partial charge in [-0.05, 0) is 31.0 Å². The number of rotatable bonds is 5. The summed E-state index contributed by atoms with van der Waals surface area (Å²) >= 11 is 0. The highest BCUT2D eigenvalue weighted by molar-refractivity contribution is 5.75. The van der Waals surface area contributed by atoms with E-state index in [0.717, 1.165) is 17.7 Å². The quantitative estimate of drug-likeness (QED) is 0.809. The zero-order chi connectivity index (χ0) is 11.3. The van der Waals surface area contributed by atoms with E-state index in [-0.39, 0.29) is 0 Å². The van der Waals surface area contributed by atoms with Gasteiger partial charge in [-0.2, -0.15) is 0 Å². The molecule has 0 fully saturated rings. The van der Waals surface area contributed by atoms with E-state index in [1.807, 2.05) is 19.1 Å². The number of carboxylic acid groups (broad SMARTS) is 1. The molecule has 82 valence electrons. The van der Waals surface area contributed by atoms with Crippen LogP contribution in [-0.4, -0.2) is 17.7 Å². The van der Waals surface area contributed by atoms with Gasteiger partial charge in [-0.25, -0.2) is 0 Å². The number of ether oxygens (including phenoxy) is 1. The van der Waals surface area contributed by atoms with Gasteiger partial charge in [-0.3, -0.25) is 4.79 Å². The lowest BCUT2D eigenvalue weighted by Gasteiger charge is -2.08. The average Bonchev–Trinajstić information content (AvgIpc) is 2.26. The lowest BCUT2D eigenvalue weighted by atomic mass is 10.0. The topological polar surface area (TPSA) is 46.5 Å². The van der Waals surface area contributed by atoms with E-state index < -0.39 is 11.9 Å². The molecule has 0 radical (unpaired) electrons. The van der Waals surface area contributed by atoms with Crippen molar-refractivity contribution in [2.45, 2.75) is 26.2 Å². The molecule has 0 aliphatic rings. The summed E-state index contributed by atoms with van der Waals surface area (Å²) in [7, 11) is 0. The molecule has 0 bridgehead atoms. The monoisotopic (exact) mass is 208 g/mol. The summed E-state index contributed by atoms with van der Waals surface area (Å²) in [5, 5.41) is 8.81. The van der Waals surface area contributed by atoms with Crippen LogP contribution in [0.3, 0.4) is 0 Å². The van der Waals surface area contributed by atoms with Crippen molar-refractivity contribution >= 4 is 5.97 Å². The maximum Gasteiger partial charge on any atom is 0.310 e. The van der Waals surface area contributed by atoms with Crippen molar-refractivity contribution in [2.75, 3.05) is 6.61 Å². The summed E-state index contributed by atoms with van der Waals surface area (Å²) < 4.78 is 5.40. The predicted octanol–water partition coefficient (Wildman–Crippen LogP) is 2.66. The van der Waals surface area contributed by atoms with Gasteiger partial charge in [-0.1, -0.05) is 19.1 Å². The predicted molar refractivity (Wildman–Crippen MR) is 58.3 cm³/mol. The highest BCUT2D eigenvalue weighted by atomic mass is 16.5. The van der Waals surface area contributed by atoms with Crippen LogP contribution in [-0.2, 0) is 4.79 Å². The van der Waals surface area contributed by atoms with Crippen LogP contribution in [0.4, 0.5) is 0 Å². The largest absolute Gasteiger partial charge is 0.494 e. The summed E-state index contributed by atoms with van der Waals surface area (Å²) in [4.78, 5) is 10.7. The van der Waals surface area contributed by atoms with Crippen LogP contribution < -0.4 is 4.74 Å². The second-order valence-electron chi connectivity index (χ2n) is 3.48. The third-order valence-corrected chi connectivity index (χ3v) is 2.22. The molecular weight excluding hydrogens is 192 g/mol. The third-order valence-electron chi connectivity index (χ3n) is 2.22. The Hall–Kier alpha value is -1.51. The Morgan fingerprint density at radius 1 is 1.40 bits per heavy atom. The zero-order valence-corrected chi connectivity index (χ0v) is 9.06. The van der Waals surface area contributed by atoms with Crippen molar-refractivity contribution in [3.8, 4) is 5.75 Å². The van der Waals surface area contributed by atoms with Crippen LogP contribution in [0.2, 0.25) is 0 Å². The summed E-state index contributed by atoms with van der Waals surface area (Å²) in [6.07, 6.45) is 0.966. The number of hydrogen-bond donors (Lipinski definition) is 1. The van der Waals surface area contributed by atoms with Crippen LogP contribution in [0.1, 0.15) is 31.7 Å². The molecule has 0 aromatic heterocycles. The molecule has 0 aliphatic carbocycles. The van der Waals surface area contributed by atoms with E-state index in [2.05, 4.69) is 0 Å². The Balaban J connectivity index is 2.67. The van der Waals surface area contributed by atoms with Crippen molar-refractivity contribution < 1.29 is 14.6 Å². The van der Waals surface area contributed by atoms with Gasteiger partial charge in [0.1, 0.15) is 5.75 Å². The molecule has 3 heteroatoms. The molecule has 0 aliphatic heterocycles. The molecule has 0 spiro atoms. The molecule has 15 heavy (non-hydrogen) atoms. The van der Waals surface area contributed by atoms with Crippen molar-refractivity contribution in [2.24, 2.45) is 0 Å². The molecule has 1 rings (SSSR count). The van der Waals surface area contributed by atoms with Gasteiger partial charge in [0.05, 0.1) is 12.5 Å². The minimum Gasteiger partial charge on any atom is -0.494 e. The summed E-state index contributed by atoms with van der Waals surface area (Å²) in [5.74, 6) is -0.486. The van der Waals surface area contributed by atoms with Gasteiger partial charge < -0.3 is 9.84 Å². The van der Waals surface area contributed by atoms with Gasteiger partial charge in [0, 0.05) is 0 Å². The molecular formula is C12H16O3. The molecule has 1 aromatic rings. The smallest absolute Gasteiger partial charge is 0.310 e. The van der Waals surface area contributed by atoms with Crippen molar-refractivity contribution in [1.82, 2.24) is 0 Å². The van der Waals surface area contributed by atoms with E-state index in [9.17, 15) is 4.79 Å². The van der Waals surface area contributed by atoms with Crippen molar-refractivity contribution in [1.29, 1.82) is 0 Å². The zero-order valence-electron chi connectivity index (χ0n) is 9.06. The third kappa shape index (κ3) is 3.27. The van der Waals surface area contributed by atoms with Crippen molar-refractivity contribution in [3.05, 3.63) is 29.8 Å². The summed E-state index contributed by atoms with van der Waals surface area (Å²) in [6.45, 7) is 4.40. The normalized spacial score (nSPS) is 12.1. The number of benzene rings is 1. The molecule has 0 heterocycles. The second-order valence-corrected chi connectivity index (χ2v) is 3.48. The summed E-state index contributed by atoms with van der Waals surface area (Å²) in [6, 6.07) is 7.21. The van der Waals surface area contributed by atoms with Crippen LogP contribution in [0.25, 0.3) is 0 Å². The van der Waals surface area contributed by atoms with Crippen LogP contribution in [0, 0.1) is 0 Å². The number of carbonyl (C=O) groups is 1. The fourth-order valence-electron chi connectivity index (χ4n) is 1.22. The molecule has 1 aromatic carbocycles. The summed E-state index contributed by atoms with van der Waals surface area (Å²) in [5.41, 5.74) is 0.798. The van der Waals surface area contributed by atoms with Crippen LogP contribution in [0.15, 0.2) is 24.3 Å². The molecule has 1 unspecified atom stereocenters. The molecule has 1 atom stereocenters. The minimum absolute atomic E-state index is 0.467. The minimum atomic E-state index is -0.808. The van der Waals surface area contributed by atoms with E-state index in [1.165, 1.54) is 0 Å². The molecule has 1 N–H and O–H groups in total. The van der Waals surface area contributed by atoms with Crippen LogP contribution in [0.5, 0.6) is 5.75 Å². The van der Waals surface area contributed by atoms with Gasteiger partial charge in [0.25, 0.3) is 0 Å². The first-order valence-corrected chi connectivity index (χ1v) is 5.10. The Bertz CT molecular complexity index is 316. The first-order chi connectivity index (χ1) is 7.15. The molecule has 3 nitrogen and oxygen atoms in total. The highest BCUT2D eigenvalue weighted by Crippen LogP contribution is 2.19. The maximum absolute atomic E-state index is 10.7. The van der Waals surface area contributed by atoms with Gasteiger partial charge in [0.2, 0.25) is 0 Å². The number of aliphatic carboxylic acids is 1. The van der Waals surface area contributed by atoms with E-state index >= 15 is 0 Å². The van der Waals surface area contributed by atoms with Crippen LogP contribution >= 0.6 is 0 Å². The lowest BCUT2D eigenvalue weighted by Crippen LogP contribution is -2.07. The van der Waals surface area contributed by atoms with E-state index in [0.29, 0.717) is 6.61 Å².